The van der Waals surface area contributed by atoms with Crippen molar-refractivity contribution in [1.29, 1.82) is 0 Å². The number of halogens is 18. The predicted octanol–water partition coefficient (Wildman–Crippen LogP) is 0.0423. The molecule has 0 radical (unpaired) electrons. The first-order valence-electron chi connectivity index (χ1n) is 41.1. The lowest BCUT2D eigenvalue weighted by molar-refractivity contribution is -0.519. The van der Waals surface area contributed by atoms with Gasteiger partial charge >= 0.3 is 55.5 Å². The van der Waals surface area contributed by atoms with Crippen LogP contribution in [-0.2, 0) is 118 Å². The second-order valence-corrected chi connectivity index (χ2v) is 29.1. The Kier molecular flexibility index (Phi) is 67.3. The molecule has 3 saturated carbocycles. The van der Waals surface area contributed by atoms with Crippen molar-refractivity contribution in [3.8, 4) is 0 Å². The highest BCUT2D eigenvalue weighted by molar-refractivity contribution is 4.87. The monoisotopic (exact) mass is 1990 g/mol. The molecule has 0 aromatic heterocycles. The fourth-order valence-electron chi connectivity index (χ4n) is 10.2. The van der Waals surface area contributed by atoms with Crippen LogP contribution in [0.5, 0.6) is 0 Å². The van der Waals surface area contributed by atoms with E-state index in [4.69, 9.17) is 92.2 Å². The highest BCUT2D eigenvalue weighted by Crippen LogP contribution is 2.38. The summed E-state index contributed by atoms with van der Waals surface area (Å²) >= 11 is 0. The van der Waals surface area contributed by atoms with Gasteiger partial charge in [0.05, 0.1) is 196 Å². The van der Waals surface area contributed by atoms with Crippen LogP contribution in [0.25, 0.3) is 0 Å². The summed E-state index contributed by atoms with van der Waals surface area (Å²) < 4.78 is 357. The van der Waals surface area contributed by atoms with E-state index in [0.29, 0.717) is 38.7 Å². The van der Waals surface area contributed by atoms with E-state index >= 15 is 0 Å². The smallest absolute Gasteiger partial charge is 0.396 e. The first kappa shape index (κ1) is 126. The van der Waals surface area contributed by atoms with E-state index in [9.17, 15) is 125 Å². The van der Waals surface area contributed by atoms with Gasteiger partial charge in [-0.15, -0.1) is 26.3 Å². The maximum absolute atomic E-state index is 13.7. The molecule has 0 aromatic rings. The van der Waals surface area contributed by atoms with Crippen LogP contribution in [0.1, 0.15) is 57.8 Å². The molecule has 3 aliphatic carbocycles. The van der Waals surface area contributed by atoms with Crippen molar-refractivity contribution in [2.75, 3.05) is 264 Å². The lowest BCUT2D eigenvalue weighted by atomic mass is 9.75. The Morgan fingerprint density at radius 1 is 0.237 bits per heavy atom. The zero-order valence-electron chi connectivity index (χ0n) is 71.5. The summed E-state index contributed by atoms with van der Waals surface area (Å²) in [5.74, 6) is 0.399. The number of rotatable bonds is 86. The summed E-state index contributed by atoms with van der Waals surface area (Å²) in [5.41, 5.74) is 0. The number of alkyl halides is 18. The molecule has 58 heteroatoms. The molecule has 0 saturated heterocycles. The Balaban J connectivity index is 0.000000984. The number of aliphatic hydroxyl groups is 15. The van der Waals surface area contributed by atoms with Gasteiger partial charge in [-0.2, -0.15) is 52.7 Å². The fraction of sp³-hybridized carbons (Fsp3) is 1.00. The molecule has 15 N–H and O–H groups in total. The largest absolute Gasteiger partial charge is 0.495 e. The number of hydrogen-bond acceptors (Lipinski definition) is 40. The van der Waals surface area contributed by atoms with Gasteiger partial charge in [-0.3, -0.25) is 0 Å². The average molecular weight is 1990 g/mol. The quantitative estimate of drug-likeness (QED) is 0.0217. The molecular weight excluding hydrogens is 1860 g/mol. The normalized spacial score (nSPS) is 20.0. The maximum Gasteiger partial charge on any atom is 0.495 e. The lowest BCUT2D eigenvalue weighted by Crippen LogP contribution is -2.44. The van der Waals surface area contributed by atoms with Gasteiger partial charge in [0.2, 0.25) is 0 Å². The van der Waals surface area contributed by atoms with Crippen LogP contribution in [0, 0.1) is 11.8 Å². The van der Waals surface area contributed by atoms with Crippen molar-refractivity contribution in [2.24, 2.45) is 11.8 Å². The standard InChI is InChI=1S/C26H46F6O14.C25H44F6O13.C22H38F6O13/c27-24(28,17-40-10-9-39-12-21(37)16-44-23-4-1-3-22(23)43-8-6-34)45-26(31,32)46-25(29,30)18-42-15-20(36)14-41-13-19(35)11-38-7-2-5-33;26-23(27,16-39-7-6-38-11-21(35)12-40-9-19-3-2-18(19)8-33)43-25(30,31)44-24(28,29)17-42-15-22(36)14-41-13-20(34)10-37-5-1-4-32;23-20(24,13-36-5-4-35-8-17(32)12-39-19-6-18(19)33)40-22(27,28)41-21(25,26)14-38-11-16(31)10-37-9-15(30)7-34-3-1-2-29/h19-23,33-37H,1-18H2;18-22,32-36H,1-17H2;15-19,29-33H,1-14H2. The summed E-state index contributed by atoms with van der Waals surface area (Å²) in [5, 5.41) is 140. The minimum absolute atomic E-state index is 0.0594. The van der Waals surface area contributed by atoms with Crippen LogP contribution in [-0.4, -0.2) is 476 Å². The van der Waals surface area contributed by atoms with E-state index in [1.165, 1.54) is 0 Å². The van der Waals surface area contributed by atoms with Crippen molar-refractivity contribution < 1.29 is 274 Å². The Labute approximate surface area is 741 Å². The molecule has 0 heterocycles. The molecule has 0 amide bonds. The molecule has 0 spiro atoms. The molecule has 15 atom stereocenters. The molecule has 786 valence electrons. The van der Waals surface area contributed by atoms with Gasteiger partial charge in [0, 0.05) is 59.3 Å². The fourth-order valence-corrected chi connectivity index (χ4v) is 10.2. The molecule has 0 bridgehead atoms. The first-order chi connectivity index (χ1) is 61.5. The Bertz CT molecular complexity index is 2720. The van der Waals surface area contributed by atoms with E-state index in [-0.39, 0.29) is 189 Å². The summed E-state index contributed by atoms with van der Waals surface area (Å²) in [6.45, 7) is -19.0. The van der Waals surface area contributed by atoms with Crippen molar-refractivity contribution in [2.45, 2.75) is 193 Å². The number of hydrogen-bond donors (Lipinski definition) is 15. The third-order valence-electron chi connectivity index (χ3n) is 16.3. The Morgan fingerprint density at radius 2 is 0.466 bits per heavy atom. The van der Waals surface area contributed by atoms with E-state index in [1.807, 2.05) is 0 Å². The molecule has 0 aliphatic heterocycles. The van der Waals surface area contributed by atoms with Gasteiger partial charge in [-0.05, 0) is 63.2 Å². The van der Waals surface area contributed by atoms with Crippen molar-refractivity contribution in [3.63, 3.8) is 0 Å². The molecular formula is C73H128F18O40. The van der Waals surface area contributed by atoms with Crippen molar-refractivity contribution in [3.05, 3.63) is 0 Å². The second kappa shape index (κ2) is 69.9. The molecule has 3 fully saturated rings. The van der Waals surface area contributed by atoms with Gasteiger partial charge in [0.15, 0.2) is 0 Å². The highest BCUT2D eigenvalue weighted by atomic mass is 19.3. The third-order valence-corrected chi connectivity index (χ3v) is 16.3. The van der Waals surface area contributed by atoms with Crippen LogP contribution >= 0.6 is 0 Å². The summed E-state index contributed by atoms with van der Waals surface area (Å²) in [6, 6.07) is 0. The Morgan fingerprint density at radius 3 is 0.725 bits per heavy atom. The van der Waals surface area contributed by atoms with Crippen molar-refractivity contribution in [1.82, 2.24) is 0 Å². The van der Waals surface area contributed by atoms with Gasteiger partial charge in [-0.1, -0.05) is 0 Å². The minimum Gasteiger partial charge on any atom is -0.396 e. The van der Waals surface area contributed by atoms with E-state index in [1.54, 1.807) is 0 Å². The van der Waals surface area contributed by atoms with Crippen LogP contribution < -0.4 is 0 Å². The summed E-state index contributed by atoms with van der Waals surface area (Å²) in [7, 11) is 0. The lowest BCUT2D eigenvalue weighted by Gasteiger charge is -2.35. The topological polar surface area (TPSA) is 534 Å². The van der Waals surface area contributed by atoms with Crippen LogP contribution in [0.15, 0.2) is 0 Å². The minimum atomic E-state index is -5.47. The molecule has 131 heavy (non-hydrogen) atoms. The molecule has 15 unspecified atom stereocenters. The number of aliphatic hydroxyl groups excluding tert-OH is 15. The van der Waals surface area contributed by atoms with Crippen LogP contribution in [0.4, 0.5) is 79.0 Å². The molecule has 40 nitrogen and oxygen atoms in total. The first-order valence-corrected chi connectivity index (χ1v) is 41.1. The van der Waals surface area contributed by atoms with Gasteiger partial charge < -0.3 is 167 Å². The predicted molar refractivity (Wildman–Crippen MR) is 397 cm³/mol. The highest BCUT2D eigenvalue weighted by Gasteiger charge is 2.56. The molecule has 0 aromatic carbocycles. The van der Waals surface area contributed by atoms with Gasteiger partial charge in [0.25, 0.3) is 0 Å². The zero-order chi connectivity index (χ0) is 98.5. The van der Waals surface area contributed by atoms with E-state index in [0.717, 1.165) is 25.7 Å². The summed E-state index contributed by atoms with van der Waals surface area (Å²) in [4.78, 5) is 0. The zero-order valence-corrected chi connectivity index (χ0v) is 71.5. The number of ether oxygens (including phenoxy) is 25. The second-order valence-electron chi connectivity index (χ2n) is 29.1. The third kappa shape index (κ3) is 71.3. The van der Waals surface area contributed by atoms with E-state index in [2.05, 4.69) is 56.8 Å². The SMILES string of the molecule is OCCCOCC(O)COCC(O)COCC(F)(F)OC(F)(F)OC(F)(F)COCCOCC(O)COC1CC1O.OCCCOCC(O)COCC(O)COCC(F)(F)OC(F)(F)OC(F)(F)COCCOCC(O)COC1CCCC1OCCO.OCCCOCC(O)COCC(O)COCC(F)(F)OC(F)(F)OC(F)(F)COCCOCC(O)COCC1CCC1CO. The molecule has 3 aliphatic rings. The molecule has 3 rings (SSSR count). The average Bonchev–Trinajstić information content (AvgIpc) is 1.54. The van der Waals surface area contributed by atoms with Crippen LogP contribution in [0.3, 0.4) is 0 Å². The Hall–Kier alpha value is -2.86. The van der Waals surface area contributed by atoms with E-state index < -0.39 is 216 Å². The van der Waals surface area contributed by atoms with Crippen LogP contribution in [0.2, 0.25) is 0 Å². The van der Waals surface area contributed by atoms with Crippen molar-refractivity contribution >= 4 is 0 Å². The maximum atomic E-state index is 13.7. The summed E-state index contributed by atoms with van der Waals surface area (Å²) in [6.07, 6.45) is -51.7. The van der Waals surface area contributed by atoms with Gasteiger partial charge in [-0.25, -0.2) is 28.4 Å². The van der Waals surface area contributed by atoms with Gasteiger partial charge in [0.1, 0.15) is 94.6 Å².